The minimum absolute atomic E-state index is 0.0148. The van der Waals surface area contributed by atoms with Gasteiger partial charge in [-0.2, -0.15) is 0 Å². The van der Waals surface area contributed by atoms with Crippen LogP contribution in [0.15, 0.2) is 17.6 Å². The molecule has 3 heterocycles. The minimum Gasteiger partial charge on any atom is -0.364 e. The highest BCUT2D eigenvalue weighted by molar-refractivity contribution is 7.14. The number of anilines is 1. The number of aromatic nitrogens is 2. The summed E-state index contributed by atoms with van der Waals surface area (Å²) >= 11 is 1.38. The average molecular weight is 361 g/mol. The molecule has 1 fully saturated rings. The predicted octanol–water partition coefficient (Wildman–Crippen LogP) is 2.44. The first-order chi connectivity index (χ1) is 12.1. The maximum absolute atomic E-state index is 12.6. The molecule has 2 aromatic heterocycles. The number of piperidine rings is 1. The lowest BCUT2D eigenvalue weighted by Gasteiger charge is -2.34. The van der Waals surface area contributed by atoms with Gasteiger partial charge in [0.2, 0.25) is 5.91 Å². The molecule has 8 heteroatoms. The van der Waals surface area contributed by atoms with Gasteiger partial charge >= 0.3 is 0 Å². The van der Waals surface area contributed by atoms with Crippen molar-refractivity contribution >= 4 is 28.3 Å². The number of thiazole rings is 1. The topological polar surface area (TPSA) is 104 Å². The molecular weight excluding hydrogens is 338 g/mol. The molecule has 0 aromatic carbocycles. The lowest BCUT2D eigenvalue weighted by atomic mass is 10.0. The molecule has 3 rings (SSSR count). The number of rotatable bonds is 6. The summed E-state index contributed by atoms with van der Waals surface area (Å²) in [6.45, 7) is 4.06. The Morgan fingerprint density at radius 2 is 2.32 bits per heavy atom. The first-order valence-electron chi connectivity index (χ1n) is 8.57. The third-order valence-corrected chi connectivity index (χ3v) is 5.16. The van der Waals surface area contributed by atoms with Gasteiger partial charge < -0.3 is 16.0 Å². The highest BCUT2D eigenvalue weighted by Crippen LogP contribution is 2.26. The van der Waals surface area contributed by atoms with Gasteiger partial charge in [-0.3, -0.25) is 14.5 Å². The number of nitrogens with two attached hydrogens (primary N) is 1. The van der Waals surface area contributed by atoms with Crippen LogP contribution in [0, 0.1) is 0 Å². The molecule has 0 bridgehead atoms. The second kappa shape index (κ2) is 7.79. The van der Waals surface area contributed by atoms with E-state index in [2.05, 4.69) is 27.1 Å². The number of hydrogen-bond donors (Lipinski definition) is 3. The van der Waals surface area contributed by atoms with E-state index >= 15 is 0 Å². The van der Waals surface area contributed by atoms with E-state index in [1.165, 1.54) is 11.3 Å². The van der Waals surface area contributed by atoms with E-state index in [4.69, 9.17) is 5.73 Å². The van der Waals surface area contributed by atoms with E-state index in [-0.39, 0.29) is 11.9 Å². The van der Waals surface area contributed by atoms with Crippen LogP contribution in [0.25, 0.3) is 11.3 Å². The van der Waals surface area contributed by atoms with Gasteiger partial charge in [0.1, 0.15) is 5.69 Å². The maximum Gasteiger partial charge on any atom is 0.265 e. The molecule has 25 heavy (non-hydrogen) atoms. The molecule has 134 valence electrons. The van der Waals surface area contributed by atoms with Crippen molar-refractivity contribution in [3.63, 3.8) is 0 Å². The molecular formula is C17H23N5O2S. The monoisotopic (exact) mass is 361 g/mol. The van der Waals surface area contributed by atoms with Crippen molar-refractivity contribution in [2.24, 2.45) is 5.73 Å². The number of carbonyl (C=O) groups excluding carboxylic acids is 2. The maximum atomic E-state index is 12.6. The van der Waals surface area contributed by atoms with Crippen LogP contribution in [-0.2, 0) is 4.79 Å². The molecule has 7 nitrogen and oxygen atoms in total. The molecule has 0 radical (unpaired) electrons. The largest absolute Gasteiger partial charge is 0.364 e. The van der Waals surface area contributed by atoms with Gasteiger partial charge in [-0.15, -0.1) is 11.3 Å². The van der Waals surface area contributed by atoms with Gasteiger partial charge in [-0.05, 0) is 38.4 Å². The number of primary amides is 1. The molecule has 1 saturated heterocycles. The summed E-state index contributed by atoms with van der Waals surface area (Å²) in [5.74, 6) is -0.496. The fraction of sp³-hybridized carbons (Fsp3) is 0.471. The number of aromatic amines is 1. The third kappa shape index (κ3) is 4.08. The third-order valence-electron chi connectivity index (χ3n) is 4.41. The Hall–Kier alpha value is -2.19. The zero-order chi connectivity index (χ0) is 17.8. The van der Waals surface area contributed by atoms with Gasteiger partial charge in [0.15, 0.2) is 5.13 Å². The highest BCUT2D eigenvalue weighted by Gasteiger charge is 2.28. The zero-order valence-electron chi connectivity index (χ0n) is 14.2. The molecule has 1 aliphatic rings. The van der Waals surface area contributed by atoms with E-state index < -0.39 is 5.91 Å². The smallest absolute Gasteiger partial charge is 0.265 e. The quantitative estimate of drug-likeness (QED) is 0.735. The summed E-state index contributed by atoms with van der Waals surface area (Å²) in [7, 11) is 0. The fourth-order valence-electron chi connectivity index (χ4n) is 3.18. The van der Waals surface area contributed by atoms with Crippen LogP contribution >= 0.6 is 11.3 Å². The van der Waals surface area contributed by atoms with Crippen LogP contribution in [0.3, 0.4) is 0 Å². The van der Waals surface area contributed by atoms with E-state index in [0.29, 0.717) is 16.5 Å². The standard InChI is InChI=1S/C17H23N5O2S/c1-2-6-22-7-4-3-5-14(22)16(24)21-17-20-13(10-25-17)11-8-12(15(18)23)19-9-11/h8-10,14,19H,2-7H2,1H3,(H2,18,23)(H,20,21,24). The Morgan fingerprint density at radius 3 is 3.04 bits per heavy atom. The van der Waals surface area contributed by atoms with E-state index in [9.17, 15) is 9.59 Å². The second-order valence-corrected chi connectivity index (χ2v) is 7.10. The summed E-state index contributed by atoms with van der Waals surface area (Å²) in [6, 6.07) is 1.59. The SMILES string of the molecule is CCCN1CCCCC1C(=O)Nc1nc(-c2c[nH]c(C(N)=O)c2)cs1. The molecule has 4 N–H and O–H groups in total. The van der Waals surface area contributed by atoms with Crippen molar-refractivity contribution < 1.29 is 9.59 Å². The van der Waals surface area contributed by atoms with Gasteiger partial charge in [-0.25, -0.2) is 4.98 Å². The summed E-state index contributed by atoms with van der Waals surface area (Å²) < 4.78 is 0. The first kappa shape index (κ1) is 17.6. The normalized spacial score (nSPS) is 18.2. The minimum atomic E-state index is -0.511. The van der Waals surface area contributed by atoms with Gasteiger partial charge in [-0.1, -0.05) is 13.3 Å². The number of nitrogens with one attached hydrogen (secondary N) is 2. The summed E-state index contributed by atoms with van der Waals surface area (Å²) in [6.07, 6.45) is 5.86. The van der Waals surface area contributed by atoms with Crippen LogP contribution in [0.1, 0.15) is 43.1 Å². The van der Waals surface area contributed by atoms with E-state index in [1.807, 2.05) is 5.38 Å². The molecule has 0 saturated carbocycles. The number of likely N-dealkylation sites (tertiary alicyclic amines) is 1. The first-order valence-corrected chi connectivity index (χ1v) is 9.45. The lowest BCUT2D eigenvalue weighted by Crippen LogP contribution is -2.47. The van der Waals surface area contributed by atoms with Crippen molar-refractivity contribution in [1.82, 2.24) is 14.9 Å². The number of amides is 2. The van der Waals surface area contributed by atoms with Crippen LogP contribution in [0.4, 0.5) is 5.13 Å². The Morgan fingerprint density at radius 1 is 1.48 bits per heavy atom. The van der Waals surface area contributed by atoms with Crippen LogP contribution in [0.2, 0.25) is 0 Å². The molecule has 0 aliphatic carbocycles. The van der Waals surface area contributed by atoms with Gasteiger partial charge in [0.05, 0.1) is 11.7 Å². The van der Waals surface area contributed by atoms with Gasteiger partial charge in [0, 0.05) is 17.1 Å². The van der Waals surface area contributed by atoms with Gasteiger partial charge in [0.25, 0.3) is 5.91 Å². The Kier molecular flexibility index (Phi) is 5.50. The number of carbonyl (C=O) groups is 2. The van der Waals surface area contributed by atoms with Crippen LogP contribution in [-0.4, -0.2) is 45.8 Å². The Balaban J connectivity index is 1.67. The number of hydrogen-bond acceptors (Lipinski definition) is 5. The van der Waals surface area contributed by atoms with Crippen molar-refractivity contribution in [2.45, 2.75) is 38.6 Å². The molecule has 1 atom stereocenters. The van der Waals surface area contributed by atoms with E-state index in [1.54, 1.807) is 12.3 Å². The van der Waals surface area contributed by atoms with Crippen molar-refractivity contribution in [1.29, 1.82) is 0 Å². The summed E-state index contributed by atoms with van der Waals surface area (Å²) in [4.78, 5) is 33.3. The molecule has 1 unspecified atom stereocenters. The Labute approximate surface area is 150 Å². The van der Waals surface area contributed by atoms with Crippen LogP contribution < -0.4 is 11.1 Å². The molecule has 2 amide bonds. The Bertz CT molecular complexity index is 752. The van der Waals surface area contributed by atoms with E-state index in [0.717, 1.165) is 44.3 Å². The predicted molar refractivity (Wildman–Crippen MR) is 98.6 cm³/mol. The zero-order valence-corrected chi connectivity index (χ0v) is 15.1. The number of nitrogens with zero attached hydrogens (tertiary/aromatic N) is 2. The summed E-state index contributed by atoms with van der Waals surface area (Å²) in [5.41, 5.74) is 7.07. The fourth-order valence-corrected chi connectivity index (χ4v) is 3.90. The molecule has 1 aliphatic heterocycles. The van der Waals surface area contributed by atoms with Crippen LogP contribution in [0.5, 0.6) is 0 Å². The van der Waals surface area contributed by atoms with Crippen molar-refractivity contribution in [3.05, 3.63) is 23.3 Å². The summed E-state index contributed by atoms with van der Waals surface area (Å²) in [5, 5.41) is 5.37. The second-order valence-electron chi connectivity index (χ2n) is 6.24. The molecule has 2 aromatic rings. The van der Waals surface area contributed by atoms with Crippen molar-refractivity contribution in [3.8, 4) is 11.3 Å². The average Bonchev–Trinajstić information content (AvgIpc) is 3.24. The lowest BCUT2D eigenvalue weighted by molar-refractivity contribution is -0.122. The molecule has 0 spiro atoms. The van der Waals surface area contributed by atoms with Crippen molar-refractivity contribution in [2.75, 3.05) is 18.4 Å². The highest BCUT2D eigenvalue weighted by atomic mass is 32.1. The number of H-pyrrole nitrogens is 1.